The number of carbonyl (C=O) groups excluding carboxylic acids is 4. The molecule has 4 heterocycles. The van der Waals surface area contributed by atoms with Gasteiger partial charge in [0.15, 0.2) is 0 Å². The summed E-state index contributed by atoms with van der Waals surface area (Å²) < 4.78 is 15.9. The van der Waals surface area contributed by atoms with E-state index in [0.29, 0.717) is 19.6 Å². The third-order valence-electron chi connectivity index (χ3n) is 12.9. The second-order valence-electron chi connectivity index (χ2n) is 17.7. The Kier molecular flexibility index (Phi) is 12.5. The van der Waals surface area contributed by atoms with Gasteiger partial charge >= 0.3 is 12.2 Å². The molecule has 4 amide bonds. The number of benzene rings is 3. The molecule has 1 saturated carbocycles. The molecule has 0 radical (unpaired) electrons. The van der Waals surface area contributed by atoms with Gasteiger partial charge in [-0.3, -0.25) is 9.59 Å². The molecule has 8 rings (SSSR count). The normalized spacial score (nSPS) is 17.8. The van der Waals surface area contributed by atoms with Crippen molar-refractivity contribution in [1.82, 2.24) is 40.8 Å². The Labute approximate surface area is 367 Å². The second kappa shape index (κ2) is 18.1. The summed E-state index contributed by atoms with van der Waals surface area (Å²) in [4.78, 5) is 70.7. The average Bonchev–Trinajstić information content (AvgIpc) is 4.04. The number of nitrogens with zero attached hydrogens (tertiary/aromatic N) is 3. The minimum absolute atomic E-state index is 0.118. The van der Waals surface area contributed by atoms with Crippen LogP contribution in [0.3, 0.4) is 0 Å². The van der Waals surface area contributed by atoms with E-state index in [9.17, 15) is 19.2 Å². The van der Waals surface area contributed by atoms with Crippen LogP contribution in [0.15, 0.2) is 60.7 Å². The van der Waals surface area contributed by atoms with E-state index in [-0.39, 0.29) is 29.7 Å². The first kappa shape index (κ1) is 43.3. The predicted molar refractivity (Wildman–Crippen MR) is 239 cm³/mol. The summed E-state index contributed by atoms with van der Waals surface area (Å²) in [5, 5.41) is 8.72. The highest BCUT2D eigenvalue weighted by Crippen LogP contribution is 2.41. The number of amides is 4. The molecule has 0 unspecified atom stereocenters. The number of imidazole rings is 2. The number of hydrogen-bond acceptors (Lipinski definition) is 9. The largest absolute Gasteiger partial charge is 0.492 e. The number of nitrogens with one attached hydrogen (secondary N) is 5. The lowest BCUT2D eigenvalue weighted by Crippen LogP contribution is -2.56. The SMILES string of the molecule is COC(=O)N[C@H](C(=O)NC1(c2nc3ccc(-c4ccc(-c5ccc6c(c5)OCCc5[nH]c([C@@H]7CCCN7C(=O)[C@@H](NC(=O)OC)C(C)C)nc5-6)cc4)cc3[nH]2)CCCCC1)C(C)C. The molecular formula is C48H58N8O7. The van der Waals surface area contributed by atoms with Crippen LogP contribution in [0.2, 0.25) is 0 Å². The van der Waals surface area contributed by atoms with Gasteiger partial charge in [0.05, 0.1) is 49.1 Å². The summed E-state index contributed by atoms with van der Waals surface area (Å²) >= 11 is 0. The van der Waals surface area contributed by atoms with Crippen molar-refractivity contribution in [3.8, 4) is 39.3 Å². The molecule has 15 nitrogen and oxygen atoms in total. The van der Waals surface area contributed by atoms with E-state index >= 15 is 0 Å². The molecule has 1 aliphatic carbocycles. The third kappa shape index (κ3) is 8.82. The standard InChI is InChI=1S/C48H58N8O7/c1-27(2)39(53-46(59)61-5)43(57)55-48(21-8-7-9-22-48)45-50-34-19-17-31(25-36(34)51-45)29-12-14-30(15-13-29)32-16-18-33-38(26-32)63-24-20-35-41(33)52-42(49-35)37-11-10-23-56(37)44(58)40(28(3)4)54-47(60)62-6/h12-19,25-28,37,39-40H,7-11,20-24H2,1-6H3,(H,49,52)(H,50,51)(H,53,59)(H,54,60)(H,55,57)/t37-,39-,40-/m0/s1. The van der Waals surface area contributed by atoms with E-state index in [2.05, 4.69) is 80.5 Å². The van der Waals surface area contributed by atoms with Gasteiger partial charge in [-0.15, -0.1) is 0 Å². The maximum absolute atomic E-state index is 13.8. The molecule has 3 aromatic carbocycles. The molecule has 0 bridgehead atoms. The lowest BCUT2D eigenvalue weighted by atomic mass is 9.80. The van der Waals surface area contributed by atoms with Crippen LogP contribution in [0.1, 0.15) is 96.0 Å². The highest BCUT2D eigenvalue weighted by atomic mass is 16.5. The number of H-pyrrole nitrogens is 2. The zero-order valence-corrected chi connectivity index (χ0v) is 36.9. The van der Waals surface area contributed by atoms with Crippen LogP contribution in [0.4, 0.5) is 9.59 Å². The summed E-state index contributed by atoms with van der Waals surface area (Å²) in [5.41, 5.74) is 7.85. The van der Waals surface area contributed by atoms with Crippen molar-refractivity contribution < 1.29 is 33.4 Å². The van der Waals surface area contributed by atoms with Gasteiger partial charge in [0.1, 0.15) is 29.5 Å². The molecule has 63 heavy (non-hydrogen) atoms. The average molecular weight is 859 g/mol. The molecule has 3 aliphatic rings. The van der Waals surface area contributed by atoms with E-state index in [4.69, 9.17) is 24.2 Å². The number of methoxy groups -OCH3 is 2. The Morgan fingerprint density at radius 3 is 2.08 bits per heavy atom. The Bertz CT molecular complexity index is 2490. The van der Waals surface area contributed by atoms with E-state index < -0.39 is 29.8 Å². The van der Waals surface area contributed by atoms with Crippen molar-refractivity contribution in [2.45, 2.75) is 103 Å². The first-order valence-corrected chi connectivity index (χ1v) is 22.2. The van der Waals surface area contributed by atoms with E-state index in [1.807, 2.05) is 38.7 Å². The van der Waals surface area contributed by atoms with Gasteiger partial charge in [-0.1, -0.05) is 83.4 Å². The minimum atomic E-state index is -0.748. The molecule has 2 aromatic heterocycles. The summed E-state index contributed by atoms with van der Waals surface area (Å²) in [5.74, 6) is 1.56. The smallest absolute Gasteiger partial charge is 0.407 e. The Hall–Kier alpha value is -6.38. The summed E-state index contributed by atoms with van der Waals surface area (Å²) in [7, 11) is 2.59. The third-order valence-corrected chi connectivity index (χ3v) is 12.9. The summed E-state index contributed by atoms with van der Waals surface area (Å²) in [6, 6.07) is 19.2. The van der Waals surface area contributed by atoms with Crippen molar-refractivity contribution in [2.24, 2.45) is 11.8 Å². The molecule has 3 atom stereocenters. The molecule has 0 spiro atoms. The number of hydrogen-bond donors (Lipinski definition) is 5. The van der Waals surface area contributed by atoms with Gasteiger partial charge < -0.3 is 45.0 Å². The fourth-order valence-corrected chi connectivity index (χ4v) is 9.35. The van der Waals surface area contributed by atoms with Crippen LogP contribution in [0, 0.1) is 11.8 Å². The fraction of sp³-hybridized carbons (Fsp3) is 0.458. The van der Waals surface area contributed by atoms with Crippen LogP contribution in [0.5, 0.6) is 5.75 Å². The highest BCUT2D eigenvalue weighted by molar-refractivity contribution is 5.88. The molecule has 332 valence electrons. The number of aromatic amines is 2. The highest BCUT2D eigenvalue weighted by Gasteiger charge is 2.41. The maximum Gasteiger partial charge on any atom is 0.407 e. The van der Waals surface area contributed by atoms with Crippen LogP contribution >= 0.6 is 0 Å². The van der Waals surface area contributed by atoms with Crippen LogP contribution in [0.25, 0.3) is 44.5 Å². The first-order valence-electron chi connectivity index (χ1n) is 22.2. The van der Waals surface area contributed by atoms with Gasteiger partial charge in [0.2, 0.25) is 11.8 Å². The van der Waals surface area contributed by atoms with Crippen LogP contribution in [-0.2, 0) is 31.0 Å². The number of ether oxygens (including phenoxy) is 3. The van der Waals surface area contributed by atoms with E-state index in [1.165, 1.54) is 14.2 Å². The van der Waals surface area contributed by atoms with Gasteiger partial charge in [-0.25, -0.2) is 19.6 Å². The predicted octanol–water partition coefficient (Wildman–Crippen LogP) is 7.92. The fourth-order valence-electron chi connectivity index (χ4n) is 9.35. The van der Waals surface area contributed by atoms with Crippen LogP contribution in [-0.4, -0.2) is 88.3 Å². The Morgan fingerprint density at radius 2 is 1.41 bits per heavy atom. The van der Waals surface area contributed by atoms with Crippen molar-refractivity contribution in [1.29, 1.82) is 0 Å². The lowest BCUT2D eigenvalue weighted by molar-refractivity contribution is -0.135. The van der Waals surface area contributed by atoms with Crippen molar-refractivity contribution in [3.05, 3.63) is 78.0 Å². The van der Waals surface area contributed by atoms with E-state index in [1.54, 1.807) is 0 Å². The Balaban J connectivity index is 0.999. The van der Waals surface area contributed by atoms with Crippen LogP contribution < -0.4 is 20.7 Å². The number of fused-ring (bicyclic) bond motifs is 4. The maximum atomic E-state index is 13.8. The second-order valence-corrected chi connectivity index (χ2v) is 17.7. The quantitative estimate of drug-likeness (QED) is 0.0878. The van der Waals surface area contributed by atoms with E-state index in [0.717, 1.165) is 113 Å². The van der Waals surface area contributed by atoms with Crippen molar-refractivity contribution in [3.63, 3.8) is 0 Å². The molecule has 2 fully saturated rings. The van der Waals surface area contributed by atoms with Gasteiger partial charge in [-0.05, 0) is 84.0 Å². The lowest BCUT2D eigenvalue weighted by Gasteiger charge is -2.38. The van der Waals surface area contributed by atoms with Crippen molar-refractivity contribution >= 4 is 35.0 Å². The molecule has 5 N–H and O–H groups in total. The number of rotatable bonds is 11. The molecule has 15 heteroatoms. The van der Waals surface area contributed by atoms with Crippen molar-refractivity contribution in [2.75, 3.05) is 27.4 Å². The molecule has 2 aliphatic heterocycles. The zero-order valence-electron chi connectivity index (χ0n) is 36.9. The monoisotopic (exact) mass is 858 g/mol. The van der Waals surface area contributed by atoms with Gasteiger partial charge in [-0.2, -0.15) is 0 Å². The number of likely N-dealkylation sites (tertiary alicyclic amines) is 1. The number of alkyl carbamates (subject to hydrolysis) is 2. The summed E-state index contributed by atoms with van der Waals surface area (Å²) in [6.45, 7) is 8.67. The first-order chi connectivity index (χ1) is 30.4. The summed E-state index contributed by atoms with van der Waals surface area (Å²) in [6.07, 6.45) is 5.46. The molecule has 5 aromatic rings. The molecular weight excluding hydrogens is 801 g/mol. The minimum Gasteiger partial charge on any atom is -0.492 e. The molecule has 1 saturated heterocycles. The number of carbonyl (C=O) groups is 4. The van der Waals surface area contributed by atoms with Gasteiger partial charge in [0, 0.05) is 24.2 Å². The van der Waals surface area contributed by atoms with Gasteiger partial charge in [0.25, 0.3) is 0 Å². The topological polar surface area (TPSA) is 193 Å². The number of aromatic nitrogens is 4. The Morgan fingerprint density at radius 1 is 0.778 bits per heavy atom. The zero-order chi connectivity index (χ0) is 44.4.